The molecule has 4 heteroatoms. The fraction of sp³-hybridized carbons (Fsp3) is 0.417. The van der Waals surface area contributed by atoms with Crippen molar-refractivity contribution in [2.45, 2.75) is 18.4 Å². The van der Waals surface area contributed by atoms with Gasteiger partial charge in [-0.15, -0.1) is 0 Å². The first-order chi connectivity index (χ1) is 7.62. The number of anilines is 1. The summed E-state index contributed by atoms with van der Waals surface area (Å²) < 4.78 is 0. The van der Waals surface area contributed by atoms with Crippen LogP contribution in [0.25, 0.3) is 0 Å². The van der Waals surface area contributed by atoms with Crippen molar-refractivity contribution in [3.8, 4) is 0 Å². The first kappa shape index (κ1) is 11.0. The van der Waals surface area contributed by atoms with Gasteiger partial charge < -0.3 is 16.4 Å². The third-order valence-corrected chi connectivity index (χ3v) is 3.27. The van der Waals surface area contributed by atoms with Crippen LogP contribution in [0.4, 0.5) is 5.69 Å². The zero-order chi connectivity index (χ0) is 11.6. The quantitative estimate of drug-likeness (QED) is 0.759. The maximum Gasteiger partial charge on any atom is 0.237 e. The Kier molecular flexibility index (Phi) is 2.83. The third kappa shape index (κ3) is 2.02. The molecule has 0 radical (unpaired) electrons. The summed E-state index contributed by atoms with van der Waals surface area (Å²) in [7, 11) is 0. The van der Waals surface area contributed by atoms with Gasteiger partial charge in [0.15, 0.2) is 0 Å². The van der Waals surface area contributed by atoms with Gasteiger partial charge in [0.1, 0.15) is 0 Å². The monoisotopic (exact) mass is 219 g/mol. The van der Waals surface area contributed by atoms with E-state index in [0.717, 1.165) is 13.1 Å². The summed E-state index contributed by atoms with van der Waals surface area (Å²) in [6.07, 6.45) is 1.24. The second kappa shape index (κ2) is 4.14. The number of hydrogen-bond donors (Lipinski definition) is 2. The Hall–Kier alpha value is -1.55. The number of rotatable bonds is 2. The van der Waals surface area contributed by atoms with E-state index in [2.05, 4.69) is 17.0 Å². The van der Waals surface area contributed by atoms with Crippen molar-refractivity contribution in [1.82, 2.24) is 0 Å². The van der Waals surface area contributed by atoms with E-state index in [0.29, 0.717) is 12.8 Å². The van der Waals surface area contributed by atoms with Crippen LogP contribution >= 0.6 is 0 Å². The molecular formula is C12H17N3O. The third-order valence-electron chi connectivity index (χ3n) is 3.27. The minimum Gasteiger partial charge on any atom is -0.371 e. The van der Waals surface area contributed by atoms with Gasteiger partial charge in [-0.2, -0.15) is 0 Å². The summed E-state index contributed by atoms with van der Waals surface area (Å²) in [5.41, 5.74) is 11.6. The molecule has 0 aromatic heterocycles. The fourth-order valence-electron chi connectivity index (χ4n) is 2.05. The van der Waals surface area contributed by atoms with Crippen LogP contribution in [0, 0.1) is 0 Å². The molecule has 1 aromatic rings. The summed E-state index contributed by atoms with van der Waals surface area (Å²) >= 11 is 0. The SMILES string of the molecule is NC(=O)C1(N)CCN(c2ccccc2)CC1. The van der Waals surface area contributed by atoms with Gasteiger partial charge in [0.25, 0.3) is 0 Å². The summed E-state index contributed by atoms with van der Waals surface area (Å²) in [5, 5.41) is 0. The summed E-state index contributed by atoms with van der Waals surface area (Å²) in [6, 6.07) is 10.1. The predicted octanol–water partition coefficient (Wildman–Crippen LogP) is 0.470. The molecule has 0 atom stereocenters. The van der Waals surface area contributed by atoms with E-state index in [1.807, 2.05) is 18.2 Å². The van der Waals surface area contributed by atoms with Crippen LogP contribution in [0.15, 0.2) is 30.3 Å². The molecule has 2 rings (SSSR count). The lowest BCUT2D eigenvalue weighted by molar-refractivity contribution is -0.123. The number of carbonyl (C=O) groups excluding carboxylic acids is 1. The van der Waals surface area contributed by atoms with Gasteiger partial charge in [0.2, 0.25) is 5.91 Å². The Balaban J connectivity index is 2.03. The molecule has 1 amide bonds. The zero-order valence-corrected chi connectivity index (χ0v) is 9.23. The second-order valence-electron chi connectivity index (χ2n) is 4.34. The average Bonchev–Trinajstić information content (AvgIpc) is 2.31. The standard InChI is InChI=1S/C12H17N3O/c13-11(16)12(14)6-8-15(9-7-12)10-4-2-1-3-5-10/h1-5H,6-9,14H2,(H2,13,16). The van der Waals surface area contributed by atoms with Crippen LogP contribution in [0.5, 0.6) is 0 Å². The smallest absolute Gasteiger partial charge is 0.237 e. The number of piperidine rings is 1. The maximum atomic E-state index is 11.2. The molecule has 86 valence electrons. The van der Waals surface area contributed by atoms with Crippen LogP contribution in [-0.4, -0.2) is 24.5 Å². The van der Waals surface area contributed by atoms with Crippen molar-refractivity contribution in [1.29, 1.82) is 0 Å². The van der Waals surface area contributed by atoms with E-state index < -0.39 is 5.54 Å². The van der Waals surface area contributed by atoms with Crippen molar-refractivity contribution in [2.24, 2.45) is 11.5 Å². The van der Waals surface area contributed by atoms with Crippen molar-refractivity contribution in [3.63, 3.8) is 0 Å². The second-order valence-corrected chi connectivity index (χ2v) is 4.34. The molecule has 1 aromatic carbocycles. The highest BCUT2D eigenvalue weighted by molar-refractivity contribution is 5.84. The van der Waals surface area contributed by atoms with Gasteiger partial charge >= 0.3 is 0 Å². The molecule has 0 bridgehead atoms. The Labute approximate surface area is 95.2 Å². The first-order valence-electron chi connectivity index (χ1n) is 5.51. The molecule has 0 spiro atoms. The molecule has 1 saturated heterocycles. The predicted molar refractivity (Wildman–Crippen MR) is 64.0 cm³/mol. The Morgan fingerprint density at radius 1 is 1.19 bits per heavy atom. The number of carbonyl (C=O) groups is 1. The van der Waals surface area contributed by atoms with Crippen molar-refractivity contribution < 1.29 is 4.79 Å². The van der Waals surface area contributed by atoms with E-state index >= 15 is 0 Å². The molecule has 0 unspecified atom stereocenters. The molecule has 1 fully saturated rings. The number of para-hydroxylation sites is 1. The van der Waals surface area contributed by atoms with E-state index in [9.17, 15) is 4.79 Å². The molecule has 4 N–H and O–H groups in total. The van der Waals surface area contributed by atoms with Crippen molar-refractivity contribution in [2.75, 3.05) is 18.0 Å². The highest BCUT2D eigenvalue weighted by Crippen LogP contribution is 2.24. The minimum atomic E-state index is -0.814. The van der Waals surface area contributed by atoms with Gasteiger partial charge in [-0.25, -0.2) is 0 Å². The lowest BCUT2D eigenvalue weighted by atomic mass is 9.88. The van der Waals surface area contributed by atoms with Crippen molar-refractivity contribution >= 4 is 11.6 Å². The Morgan fingerprint density at radius 3 is 2.25 bits per heavy atom. The van der Waals surface area contributed by atoms with Crippen LogP contribution in [0.3, 0.4) is 0 Å². The lowest BCUT2D eigenvalue weighted by Crippen LogP contribution is -2.58. The molecule has 16 heavy (non-hydrogen) atoms. The molecule has 0 aliphatic carbocycles. The molecule has 1 aliphatic heterocycles. The van der Waals surface area contributed by atoms with E-state index in [1.54, 1.807) is 0 Å². The van der Waals surface area contributed by atoms with Crippen LogP contribution in [0.2, 0.25) is 0 Å². The summed E-state index contributed by atoms with van der Waals surface area (Å²) in [4.78, 5) is 13.4. The fourth-order valence-corrected chi connectivity index (χ4v) is 2.05. The highest BCUT2D eigenvalue weighted by atomic mass is 16.1. The van der Waals surface area contributed by atoms with Gasteiger partial charge in [-0.3, -0.25) is 4.79 Å². The lowest BCUT2D eigenvalue weighted by Gasteiger charge is -2.38. The molecular weight excluding hydrogens is 202 g/mol. The van der Waals surface area contributed by atoms with Crippen molar-refractivity contribution in [3.05, 3.63) is 30.3 Å². The summed E-state index contributed by atoms with van der Waals surface area (Å²) in [6.45, 7) is 1.56. The van der Waals surface area contributed by atoms with Crippen LogP contribution in [0.1, 0.15) is 12.8 Å². The van der Waals surface area contributed by atoms with E-state index in [4.69, 9.17) is 11.5 Å². The molecule has 4 nitrogen and oxygen atoms in total. The van der Waals surface area contributed by atoms with E-state index in [1.165, 1.54) is 5.69 Å². The highest BCUT2D eigenvalue weighted by Gasteiger charge is 2.35. The topological polar surface area (TPSA) is 72.3 Å². The van der Waals surface area contributed by atoms with E-state index in [-0.39, 0.29) is 5.91 Å². The van der Waals surface area contributed by atoms with Gasteiger partial charge in [0.05, 0.1) is 5.54 Å². The van der Waals surface area contributed by atoms with Crippen LogP contribution < -0.4 is 16.4 Å². The average molecular weight is 219 g/mol. The zero-order valence-electron chi connectivity index (χ0n) is 9.23. The first-order valence-corrected chi connectivity index (χ1v) is 5.51. The van der Waals surface area contributed by atoms with Gasteiger partial charge in [0, 0.05) is 18.8 Å². The number of primary amides is 1. The largest absolute Gasteiger partial charge is 0.371 e. The number of hydrogen-bond acceptors (Lipinski definition) is 3. The number of nitrogens with two attached hydrogens (primary N) is 2. The maximum absolute atomic E-state index is 11.2. The van der Waals surface area contributed by atoms with Gasteiger partial charge in [-0.1, -0.05) is 18.2 Å². The number of amides is 1. The number of nitrogens with zero attached hydrogens (tertiary/aromatic N) is 1. The molecule has 0 saturated carbocycles. The normalized spacial score (nSPS) is 19.4. The minimum absolute atomic E-state index is 0.389. The Bertz CT molecular complexity index is 369. The van der Waals surface area contributed by atoms with Gasteiger partial charge in [-0.05, 0) is 25.0 Å². The number of benzene rings is 1. The van der Waals surface area contributed by atoms with Crippen LogP contribution in [-0.2, 0) is 4.79 Å². The summed E-state index contributed by atoms with van der Waals surface area (Å²) in [5.74, 6) is -0.389. The molecule has 1 aliphatic rings. The molecule has 1 heterocycles. The Morgan fingerprint density at radius 2 is 1.75 bits per heavy atom.